The molecular weight excluding hydrogens is 226 g/mol. The Morgan fingerprint density at radius 3 is 2.88 bits per heavy atom. The zero-order valence-corrected chi connectivity index (χ0v) is 11.5. The highest BCUT2D eigenvalue weighted by molar-refractivity contribution is 7.99. The number of benzene rings is 1. The van der Waals surface area contributed by atoms with Crippen LogP contribution in [0.1, 0.15) is 37.7 Å². The van der Waals surface area contributed by atoms with E-state index in [1.54, 1.807) is 5.56 Å². The van der Waals surface area contributed by atoms with Gasteiger partial charge in [0, 0.05) is 16.7 Å². The van der Waals surface area contributed by atoms with Gasteiger partial charge in [-0.05, 0) is 56.2 Å². The summed E-state index contributed by atoms with van der Waals surface area (Å²) in [6, 6.07) is 9.64. The maximum absolute atomic E-state index is 3.46. The number of fused-ring (bicyclic) bond motifs is 1. The van der Waals surface area contributed by atoms with E-state index in [1.807, 2.05) is 11.8 Å². The molecule has 1 heterocycles. The van der Waals surface area contributed by atoms with Crippen LogP contribution < -0.4 is 5.32 Å². The van der Waals surface area contributed by atoms with Crippen LogP contribution in [0.4, 0.5) is 0 Å². The summed E-state index contributed by atoms with van der Waals surface area (Å²) in [7, 11) is 2.10. The van der Waals surface area contributed by atoms with Crippen LogP contribution in [0, 0.1) is 5.41 Å². The lowest BCUT2D eigenvalue weighted by atomic mass is 9.84. The van der Waals surface area contributed by atoms with Gasteiger partial charge in [-0.3, -0.25) is 0 Å². The summed E-state index contributed by atoms with van der Waals surface area (Å²) in [6.07, 6.45) is 4.20. The SMILES string of the molecule is CNC(C)C1(CC2CSc3ccccc32)CC1. The minimum atomic E-state index is 0.595. The van der Waals surface area contributed by atoms with Crippen molar-refractivity contribution in [2.24, 2.45) is 5.41 Å². The molecule has 0 aromatic heterocycles. The molecule has 1 aliphatic heterocycles. The van der Waals surface area contributed by atoms with E-state index in [2.05, 4.69) is 43.6 Å². The Hall–Kier alpha value is -0.470. The summed E-state index contributed by atoms with van der Waals surface area (Å²) in [5.41, 5.74) is 2.20. The second-order valence-electron chi connectivity index (χ2n) is 5.62. The fourth-order valence-corrected chi connectivity index (χ4v) is 4.42. The zero-order valence-electron chi connectivity index (χ0n) is 10.7. The normalized spacial score (nSPS) is 26.6. The second kappa shape index (κ2) is 4.33. The Kier molecular flexibility index (Phi) is 2.95. The Bertz CT molecular complexity index is 411. The molecule has 2 heteroatoms. The van der Waals surface area contributed by atoms with Crippen molar-refractivity contribution in [2.75, 3.05) is 12.8 Å². The van der Waals surface area contributed by atoms with E-state index < -0.39 is 0 Å². The highest BCUT2D eigenvalue weighted by atomic mass is 32.2. The molecule has 1 aromatic rings. The molecule has 3 rings (SSSR count). The Morgan fingerprint density at radius 2 is 2.18 bits per heavy atom. The van der Waals surface area contributed by atoms with E-state index in [-0.39, 0.29) is 0 Å². The molecule has 17 heavy (non-hydrogen) atoms. The third-order valence-electron chi connectivity index (χ3n) is 4.70. The van der Waals surface area contributed by atoms with E-state index in [0.29, 0.717) is 11.5 Å². The largest absolute Gasteiger partial charge is 0.317 e. The minimum absolute atomic E-state index is 0.595. The number of hydrogen-bond acceptors (Lipinski definition) is 2. The Morgan fingerprint density at radius 1 is 1.41 bits per heavy atom. The molecule has 0 saturated heterocycles. The van der Waals surface area contributed by atoms with Crippen LogP contribution >= 0.6 is 11.8 Å². The highest BCUT2D eigenvalue weighted by Gasteiger charge is 2.48. The molecule has 0 spiro atoms. The van der Waals surface area contributed by atoms with Crippen LogP contribution in [0.2, 0.25) is 0 Å². The standard InChI is InChI=1S/C15H21NS/c1-11(16-2)15(7-8-15)9-12-10-17-14-6-4-3-5-13(12)14/h3-6,11-12,16H,7-10H2,1-2H3. The molecule has 1 aliphatic carbocycles. The third kappa shape index (κ3) is 2.02. The molecule has 0 radical (unpaired) electrons. The second-order valence-corrected chi connectivity index (χ2v) is 6.68. The summed E-state index contributed by atoms with van der Waals surface area (Å²) in [5, 5.41) is 3.46. The Balaban J connectivity index is 1.76. The lowest BCUT2D eigenvalue weighted by Gasteiger charge is -2.26. The number of nitrogens with one attached hydrogen (secondary N) is 1. The summed E-state index contributed by atoms with van der Waals surface area (Å²) >= 11 is 2.04. The fourth-order valence-electron chi connectivity index (χ4n) is 3.17. The molecule has 2 aliphatic rings. The van der Waals surface area contributed by atoms with Gasteiger partial charge < -0.3 is 5.32 Å². The molecule has 0 bridgehead atoms. The average Bonchev–Trinajstić information content (AvgIpc) is 3.04. The third-order valence-corrected chi connectivity index (χ3v) is 5.95. The van der Waals surface area contributed by atoms with Crippen LogP contribution in [-0.2, 0) is 0 Å². The first-order chi connectivity index (χ1) is 8.25. The predicted octanol–water partition coefficient (Wildman–Crippen LogP) is 3.65. The van der Waals surface area contributed by atoms with Gasteiger partial charge in [0.2, 0.25) is 0 Å². The lowest BCUT2D eigenvalue weighted by molar-refractivity contribution is 0.329. The van der Waals surface area contributed by atoms with E-state index in [0.717, 1.165) is 5.92 Å². The van der Waals surface area contributed by atoms with Crippen molar-refractivity contribution in [1.29, 1.82) is 0 Å². The van der Waals surface area contributed by atoms with Crippen LogP contribution in [0.5, 0.6) is 0 Å². The molecule has 1 aromatic carbocycles. The quantitative estimate of drug-likeness (QED) is 0.871. The van der Waals surface area contributed by atoms with Gasteiger partial charge in [0.25, 0.3) is 0 Å². The van der Waals surface area contributed by atoms with Gasteiger partial charge >= 0.3 is 0 Å². The van der Waals surface area contributed by atoms with Crippen molar-refractivity contribution in [1.82, 2.24) is 5.32 Å². The summed E-state index contributed by atoms with van der Waals surface area (Å²) in [4.78, 5) is 1.52. The number of thioether (sulfide) groups is 1. The highest BCUT2D eigenvalue weighted by Crippen LogP contribution is 2.57. The molecule has 2 unspecified atom stereocenters. The first kappa shape index (κ1) is 11.6. The molecule has 1 nitrogen and oxygen atoms in total. The number of hydrogen-bond donors (Lipinski definition) is 1. The van der Waals surface area contributed by atoms with Crippen molar-refractivity contribution in [2.45, 2.75) is 43.0 Å². The zero-order chi connectivity index (χ0) is 11.9. The molecule has 92 valence electrons. The van der Waals surface area contributed by atoms with Crippen LogP contribution in [-0.4, -0.2) is 18.8 Å². The summed E-state index contributed by atoms with van der Waals surface area (Å²) in [5.74, 6) is 2.08. The van der Waals surface area contributed by atoms with E-state index >= 15 is 0 Å². The van der Waals surface area contributed by atoms with Gasteiger partial charge in [0.15, 0.2) is 0 Å². The first-order valence-electron chi connectivity index (χ1n) is 6.64. The smallest absolute Gasteiger partial charge is 0.0107 e. The van der Waals surface area contributed by atoms with Crippen molar-refractivity contribution in [3.8, 4) is 0 Å². The van der Waals surface area contributed by atoms with Crippen molar-refractivity contribution < 1.29 is 0 Å². The average molecular weight is 247 g/mol. The molecule has 1 fully saturated rings. The van der Waals surface area contributed by atoms with Gasteiger partial charge in [-0.25, -0.2) is 0 Å². The molecule has 0 amide bonds. The van der Waals surface area contributed by atoms with Gasteiger partial charge in [-0.15, -0.1) is 11.8 Å². The van der Waals surface area contributed by atoms with E-state index in [1.165, 1.54) is 29.9 Å². The monoisotopic (exact) mass is 247 g/mol. The van der Waals surface area contributed by atoms with Crippen LogP contribution in [0.25, 0.3) is 0 Å². The van der Waals surface area contributed by atoms with Crippen LogP contribution in [0.3, 0.4) is 0 Å². The van der Waals surface area contributed by atoms with Crippen molar-refractivity contribution in [3.63, 3.8) is 0 Å². The maximum atomic E-state index is 3.46. The molecule has 1 N–H and O–H groups in total. The summed E-state index contributed by atoms with van der Waals surface area (Å²) in [6.45, 7) is 2.35. The topological polar surface area (TPSA) is 12.0 Å². The predicted molar refractivity (Wildman–Crippen MR) is 74.7 cm³/mol. The minimum Gasteiger partial charge on any atom is -0.317 e. The lowest BCUT2D eigenvalue weighted by Crippen LogP contribution is -2.33. The van der Waals surface area contributed by atoms with Crippen molar-refractivity contribution >= 4 is 11.8 Å². The van der Waals surface area contributed by atoms with Crippen molar-refractivity contribution in [3.05, 3.63) is 29.8 Å². The Labute approximate surface area is 108 Å². The molecular formula is C15H21NS. The molecule has 1 saturated carbocycles. The first-order valence-corrected chi connectivity index (χ1v) is 7.63. The van der Waals surface area contributed by atoms with Crippen LogP contribution in [0.15, 0.2) is 29.2 Å². The van der Waals surface area contributed by atoms with E-state index in [4.69, 9.17) is 0 Å². The fraction of sp³-hybridized carbons (Fsp3) is 0.600. The van der Waals surface area contributed by atoms with Gasteiger partial charge in [-0.1, -0.05) is 18.2 Å². The van der Waals surface area contributed by atoms with Gasteiger partial charge in [-0.2, -0.15) is 0 Å². The van der Waals surface area contributed by atoms with E-state index in [9.17, 15) is 0 Å². The van der Waals surface area contributed by atoms with Gasteiger partial charge in [0.05, 0.1) is 0 Å². The summed E-state index contributed by atoms with van der Waals surface area (Å²) < 4.78 is 0. The maximum Gasteiger partial charge on any atom is 0.0107 e. The molecule has 2 atom stereocenters. The number of rotatable bonds is 4. The van der Waals surface area contributed by atoms with Gasteiger partial charge in [0.1, 0.15) is 0 Å².